The van der Waals surface area contributed by atoms with E-state index in [1.54, 1.807) is 0 Å². The molecule has 0 fully saturated rings. The van der Waals surface area contributed by atoms with Crippen molar-refractivity contribution < 1.29 is 30.7 Å². The molecule has 0 bridgehead atoms. The molecule has 24 heavy (non-hydrogen) atoms. The van der Waals surface area contributed by atoms with Gasteiger partial charge in [0.2, 0.25) is 0 Å². The minimum absolute atomic E-state index is 1.17. The van der Waals surface area contributed by atoms with Crippen molar-refractivity contribution in [1.29, 1.82) is 0 Å². The highest BCUT2D eigenvalue weighted by Gasteiger charge is 2.36. The quantitative estimate of drug-likeness (QED) is 0.300. The van der Waals surface area contributed by atoms with Gasteiger partial charge in [-0.05, 0) is 18.9 Å². The first-order chi connectivity index (χ1) is 11.1. The molecule has 8 heteroatoms. The van der Waals surface area contributed by atoms with Crippen LogP contribution in [0, 0.1) is 6.92 Å². The van der Waals surface area contributed by atoms with E-state index in [0.717, 1.165) is 0 Å². The highest BCUT2D eigenvalue weighted by molar-refractivity contribution is 7.86. The van der Waals surface area contributed by atoms with Crippen molar-refractivity contribution in [3.05, 3.63) is 30.1 Å². The number of aryl methyl sites for hydroxylation is 2. The van der Waals surface area contributed by atoms with Crippen molar-refractivity contribution in [2.75, 3.05) is 0 Å². The van der Waals surface area contributed by atoms with Crippen LogP contribution < -0.4 is 4.57 Å². The molecule has 1 rings (SSSR count). The van der Waals surface area contributed by atoms with Crippen molar-refractivity contribution in [2.45, 2.75) is 70.8 Å². The summed E-state index contributed by atoms with van der Waals surface area (Å²) >= 11 is 0. The molecule has 1 aromatic heterocycles. The first-order valence-electron chi connectivity index (χ1n) is 8.05. The van der Waals surface area contributed by atoms with Crippen molar-refractivity contribution >= 4 is 10.1 Å². The van der Waals surface area contributed by atoms with E-state index in [2.05, 4.69) is 42.9 Å². The minimum Gasteiger partial charge on any atom is -0.741 e. The number of nitrogens with zero attached hydrogens (tertiary/aromatic N) is 1. The van der Waals surface area contributed by atoms with Crippen molar-refractivity contribution in [2.24, 2.45) is 0 Å². The largest absolute Gasteiger partial charge is 0.741 e. The van der Waals surface area contributed by atoms with Crippen LogP contribution in [0.5, 0.6) is 0 Å². The van der Waals surface area contributed by atoms with Gasteiger partial charge in [0, 0.05) is 18.6 Å². The molecule has 0 atom stereocenters. The molecule has 0 aliphatic heterocycles. The van der Waals surface area contributed by atoms with Gasteiger partial charge in [0.05, 0.1) is 0 Å². The van der Waals surface area contributed by atoms with E-state index in [1.165, 1.54) is 57.1 Å². The maximum absolute atomic E-state index is 10.7. The lowest BCUT2D eigenvalue weighted by Crippen LogP contribution is -2.32. The fraction of sp³-hybridized carbons (Fsp3) is 0.688. The van der Waals surface area contributed by atoms with E-state index in [-0.39, 0.29) is 0 Å². The van der Waals surface area contributed by atoms with E-state index < -0.39 is 15.6 Å². The number of pyridine rings is 1. The first-order valence-corrected chi connectivity index (χ1v) is 9.46. The second-order valence-corrected chi connectivity index (χ2v) is 7.01. The number of rotatable bonds is 8. The molecular weight excluding hydrogens is 343 g/mol. The van der Waals surface area contributed by atoms with E-state index in [0.29, 0.717) is 0 Å². The highest BCUT2D eigenvalue weighted by Crippen LogP contribution is 2.20. The van der Waals surface area contributed by atoms with E-state index >= 15 is 0 Å². The summed E-state index contributed by atoms with van der Waals surface area (Å²) in [6, 6.07) is 4.36. The van der Waals surface area contributed by atoms with Gasteiger partial charge in [-0.1, -0.05) is 39.0 Å². The minimum atomic E-state index is -6.09. The molecular formula is C16H26F3NO3S. The Kier molecular flexibility index (Phi) is 10.9. The molecule has 0 aliphatic carbocycles. The number of hydrogen-bond donors (Lipinski definition) is 0. The normalized spacial score (nSPS) is 11.8. The molecule has 1 aromatic rings. The zero-order chi connectivity index (χ0) is 18.6. The number of halogens is 3. The van der Waals surface area contributed by atoms with Gasteiger partial charge in [0.1, 0.15) is 6.54 Å². The Morgan fingerprint density at radius 3 is 1.83 bits per heavy atom. The summed E-state index contributed by atoms with van der Waals surface area (Å²) in [5.41, 5.74) is -4.30. The third kappa shape index (κ3) is 11.4. The van der Waals surface area contributed by atoms with Crippen LogP contribution in [-0.2, 0) is 16.7 Å². The van der Waals surface area contributed by atoms with Crippen molar-refractivity contribution in [3.8, 4) is 0 Å². The SMILES string of the molecule is CCCCCCCCC[n+]1ccc(C)cc1.O=S(=O)([O-])C(F)(F)F. The smallest absolute Gasteiger partial charge is 0.485 e. The van der Waals surface area contributed by atoms with Gasteiger partial charge >= 0.3 is 5.51 Å². The first kappa shape index (κ1) is 22.9. The van der Waals surface area contributed by atoms with E-state index in [1.807, 2.05) is 0 Å². The van der Waals surface area contributed by atoms with Gasteiger partial charge in [0.25, 0.3) is 0 Å². The standard InChI is InChI=1S/C15H26N.CHF3O3S/c1-3-4-5-6-7-8-9-12-16-13-10-15(2)11-14-16;2-1(3,4)8(5,6)7/h10-11,13-14H,3-9,12H2,1-2H3;(H,5,6,7)/q+1;/p-1. The summed E-state index contributed by atoms with van der Waals surface area (Å²) in [6.07, 6.45) is 14.1. The maximum atomic E-state index is 10.7. The molecule has 0 saturated heterocycles. The average molecular weight is 369 g/mol. The molecule has 0 saturated carbocycles. The van der Waals surface area contributed by atoms with Gasteiger partial charge in [0.15, 0.2) is 22.5 Å². The molecule has 1 heterocycles. The van der Waals surface area contributed by atoms with Gasteiger partial charge in [-0.15, -0.1) is 0 Å². The summed E-state index contributed by atoms with van der Waals surface area (Å²) in [4.78, 5) is 0. The predicted octanol–water partition coefficient (Wildman–Crippen LogP) is 4.08. The van der Waals surface area contributed by atoms with Gasteiger partial charge in [-0.2, -0.15) is 13.2 Å². The Bertz CT molecular complexity index is 543. The van der Waals surface area contributed by atoms with Crippen LogP contribution in [0.15, 0.2) is 24.5 Å². The molecule has 140 valence electrons. The predicted molar refractivity (Wildman–Crippen MR) is 85.1 cm³/mol. The summed E-state index contributed by atoms with van der Waals surface area (Å²) in [7, 11) is -6.09. The number of unbranched alkanes of at least 4 members (excludes halogenated alkanes) is 6. The molecule has 4 nitrogen and oxygen atoms in total. The second kappa shape index (κ2) is 11.4. The van der Waals surface area contributed by atoms with Gasteiger partial charge < -0.3 is 4.55 Å². The summed E-state index contributed by atoms with van der Waals surface area (Å²) in [6.45, 7) is 5.58. The molecule has 0 spiro atoms. The zero-order valence-electron chi connectivity index (χ0n) is 14.2. The highest BCUT2D eigenvalue weighted by atomic mass is 32.2. The molecule has 0 aromatic carbocycles. The van der Waals surface area contributed by atoms with Crippen LogP contribution in [0.2, 0.25) is 0 Å². The number of hydrogen-bond acceptors (Lipinski definition) is 3. The Morgan fingerprint density at radius 2 is 1.42 bits per heavy atom. The lowest BCUT2D eigenvalue weighted by Gasteiger charge is -2.08. The Morgan fingerprint density at radius 1 is 1.00 bits per heavy atom. The van der Waals surface area contributed by atoms with Gasteiger partial charge in [-0.25, -0.2) is 13.0 Å². The second-order valence-electron chi connectivity index (χ2n) is 5.63. The third-order valence-electron chi connectivity index (χ3n) is 3.36. The number of alkyl halides is 3. The molecule has 0 N–H and O–H groups in total. The fourth-order valence-corrected chi connectivity index (χ4v) is 1.93. The summed E-state index contributed by atoms with van der Waals surface area (Å²) in [5, 5.41) is 0. The molecule has 0 unspecified atom stereocenters. The molecule has 0 aliphatic rings. The van der Waals surface area contributed by atoms with E-state index in [9.17, 15) is 13.2 Å². The molecule has 0 radical (unpaired) electrons. The third-order valence-corrected chi connectivity index (χ3v) is 3.93. The Labute approximate surface area is 142 Å². The van der Waals surface area contributed by atoms with Crippen molar-refractivity contribution in [1.82, 2.24) is 0 Å². The number of aromatic nitrogens is 1. The fourth-order valence-electron chi connectivity index (χ4n) is 1.93. The van der Waals surface area contributed by atoms with E-state index in [4.69, 9.17) is 13.0 Å². The maximum Gasteiger partial charge on any atom is 0.485 e. The van der Waals surface area contributed by atoms with Crippen LogP contribution in [-0.4, -0.2) is 18.5 Å². The van der Waals surface area contributed by atoms with Crippen molar-refractivity contribution in [3.63, 3.8) is 0 Å². The average Bonchev–Trinajstić information content (AvgIpc) is 2.47. The van der Waals surface area contributed by atoms with Crippen LogP contribution in [0.25, 0.3) is 0 Å². The molecule has 0 amide bonds. The van der Waals surface area contributed by atoms with Crippen LogP contribution >= 0.6 is 0 Å². The van der Waals surface area contributed by atoms with Gasteiger partial charge in [-0.3, -0.25) is 0 Å². The monoisotopic (exact) mass is 369 g/mol. The summed E-state index contributed by atoms with van der Waals surface area (Å²) < 4.78 is 61.2. The lowest BCUT2D eigenvalue weighted by atomic mass is 10.1. The van der Waals surface area contributed by atoms with Crippen LogP contribution in [0.1, 0.15) is 57.4 Å². The van der Waals surface area contributed by atoms with Crippen LogP contribution in [0.3, 0.4) is 0 Å². The zero-order valence-corrected chi connectivity index (χ0v) is 15.0. The Hall–Kier alpha value is -1.15. The Balaban J connectivity index is 0.000000561. The summed E-state index contributed by atoms with van der Waals surface area (Å²) in [5.74, 6) is 0. The lowest BCUT2D eigenvalue weighted by molar-refractivity contribution is -0.697. The topological polar surface area (TPSA) is 61.1 Å². The van der Waals surface area contributed by atoms with Crippen LogP contribution in [0.4, 0.5) is 13.2 Å².